The molecule has 0 radical (unpaired) electrons. The number of anilines is 1. The first-order valence-corrected chi connectivity index (χ1v) is 8.61. The van der Waals surface area contributed by atoms with Crippen molar-refractivity contribution in [3.05, 3.63) is 48.0 Å². The smallest absolute Gasteiger partial charge is 0.203 e. The van der Waals surface area contributed by atoms with E-state index in [0.717, 1.165) is 11.0 Å². The number of aromatic amines is 1. The van der Waals surface area contributed by atoms with E-state index in [4.69, 9.17) is 19.6 Å². The fraction of sp³-hybridized carbons (Fsp3) is 0.200. The number of nitrogens with zero attached hydrogens (tertiary/aromatic N) is 2. The van der Waals surface area contributed by atoms with Gasteiger partial charge in [-0.25, -0.2) is 4.98 Å². The van der Waals surface area contributed by atoms with Crippen LogP contribution in [0.1, 0.15) is 5.82 Å². The number of fused-ring (bicyclic) bond motifs is 1. The van der Waals surface area contributed by atoms with Gasteiger partial charge < -0.3 is 29.2 Å². The first kappa shape index (κ1) is 17.7. The molecule has 0 unspecified atom stereocenters. The summed E-state index contributed by atoms with van der Waals surface area (Å²) in [6.45, 7) is 0.143. The van der Waals surface area contributed by atoms with Crippen molar-refractivity contribution in [2.24, 2.45) is 0 Å². The molecule has 0 spiro atoms. The second-order valence-corrected chi connectivity index (χ2v) is 6.24. The largest absolute Gasteiger partial charge is 0.509 e. The van der Waals surface area contributed by atoms with Crippen LogP contribution in [0.25, 0.3) is 16.6 Å². The summed E-state index contributed by atoms with van der Waals surface area (Å²) in [5.41, 5.74) is 2.62. The van der Waals surface area contributed by atoms with Crippen molar-refractivity contribution in [3.8, 4) is 17.2 Å². The lowest BCUT2D eigenvalue weighted by Crippen LogP contribution is -2.26. The van der Waals surface area contributed by atoms with Gasteiger partial charge in [0, 0.05) is 12.1 Å². The number of methoxy groups -OCH3 is 3. The molecule has 0 aliphatic carbocycles. The van der Waals surface area contributed by atoms with Crippen LogP contribution >= 0.6 is 0 Å². The van der Waals surface area contributed by atoms with Crippen LogP contribution in [0.3, 0.4) is 0 Å². The van der Waals surface area contributed by atoms with Gasteiger partial charge in [0.15, 0.2) is 11.5 Å². The molecule has 0 atom stereocenters. The third kappa shape index (κ3) is 2.70. The minimum atomic E-state index is 0.0674. The molecule has 8 nitrogen and oxygen atoms in total. The molecule has 0 bridgehead atoms. The van der Waals surface area contributed by atoms with E-state index in [-0.39, 0.29) is 18.1 Å². The molecule has 4 rings (SSSR count). The van der Waals surface area contributed by atoms with Crippen molar-refractivity contribution < 1.29 is 19.3 Å². The summed E-state index contributed by atoms with van der Waals surface area (Å²) in [5.74, 6) is 2.07. The minimum absolute atomic E-state index is 0.0674. The maximum absolute atomic E-state index is 10.6. The van der Waals surface area contributed by atoms with Crippen LogP contribution in [0.4, 0.5) is 5.69 Å². The number of hydrogen-bond donors (Lipinski definition) is 3. The van der Waals surface area contributed by atoms with Gasteiger partial charge in [-0.15, -0.1) is 0 Å². The number of imidazole rings is 1. The summed E-state index contributed by atoms with van der Waals surface area (Å²) in [6.07, 6.45) is 0. The van der Waals surface area contributed by atoms with Crippen molar-refractivity contribution in [3.63, 3.8) is 0 Å². The maximum Gasteiger partial charge on any atom is 0.203 e. The Morgan fingerprint density at radius 1 is 1.07 bits per heavy atom. The number of aliphatic hydroxyl groups excluding tert-OH is 1. The third-order valence-electron chi connectivity index (χ3n) is 4.69. The Labute approximate surface area is 161 Å². The molecule has 0 saturated carbocycles. The Kier molecular flexibility index (Phi) is 4.31. The predicted octanol–water partition coefficient (Wildman–Crippen LogP) is 3.36. The summed E-state index contributed by atoms with van der Waals surface area (Å²) >= 11 is 0. The molecule has 2 aromatic carbocycles. The normalized spacial score (nSPS) is 14.1. The number of hydrogen-bond acceptors (Lipinski definition) is 6. The standard InChI is InChI=1S/C20H20N4O4/c1-26-15-8-11(9-16(27-2)18(15)28-3)24-10-14(25)17(19(24)21)20-22-12-6-4-5-7-13(12)23-20/h4-9,21,25H,10H2,1-3H3,(H,22,23). The zero-order valence-corrected chi connectivity index (χ0v) is 15.7. The van der Waals surface area contributed by atoms with Crippen molar-refractivity contribution in [2.45, 2.75) is 0 Å². The van der Waals surface area contributed by atoms with E-state index >= 15 is 0 Å². The SMILES string of the molecule is COc1cc(N2CC(O)=C(c3nc4ccccc4[nH]3)C2=N)cc(OC)c1OC. The Hall–Kier alpha value is -3.68. The second kappa shape index (κ2) is 6.80. The van der Waals surface area contributed by atoms with Gasteiger partial charge in [0.05, 0.1) is 50.2 Å². The van der Waals surface area contributed by atoms with Crippen LogP contribution in [-0.2, 0) is 0 Å². The van der Waals surface area contributed by atoms with Gasteiger partial charge >= 0.3 is 0 Å². The van der Waals surface area contributed by atoms with E-state index in [2.05, 4.69) is 9.97 Å². The van der Waals surface area contributed by atoms with E-state index in [9.17, 15) is 5.11 Å². The fourth-order valence-corrected chi connectivity index (χ4v) is 3.34. The molecule has 8 heteroatoms. The average Bonchev–Trinajstić information content (AvgIpc) is 3.26. The molecule has 0 amide bonds. The molecule has 2 heterocycles. The number of para-hydroxylation sites is 2. The average molecular weight is 380 g/mol. The molecule has 28 heavy (non-hydrogen) atoms. The fourth-order valence-electron chi connectivity index (χ4n) is 3.34. The Balaban J connectivity index is 1.74. The molecular weight excluding hydrogens is 360 g/mol. The molecular formula is C20H20N4O4. The first-order valence-electron chi connectivity index (χ1n) is 8.61. The zero-order valence-electron chi connectivity index (χ0n) is 15.7. The Morgan fingerprint density at radius 3 is 2.36 bits per heavy atom. The molecule has 0 saturated heterocycles. The minimum Gasteiger partial charge on any atom is -0.509 e. The van der Waals surface area contributed by atoms with Gasteiger partial charge in [-0.2, -0.15) is 0 Å². The highest BCUT2D eigenvalue weighted by Crippen LogP contribution is 2.42. The topological polar surface area (TPSA) is 104 Å². The van der Waals surface area contributed by atoms with Gasteiger partial charge in [0.2, 0.25) is 5.75 Å². The van der Waals surface area contributed by atoms with E-state index in [0.29, 0.717) is 34.3 Å². The molecule has 144 valence electrons. The summed E-state index contributed by atoms with van der Waals surface area (Å²) < 4.78 is 16.1. The molecule has 0 fully saturated rings. The zero-order chi connectivity index (χ0) is 19.8. The van der Waals surface area contributed by atoms with Gasteiger partial charge in [0.1, 0.15) is 17.4 Å². The van der Waals surface area contributed by atoms with Crippen molar-refractivity contribution >= 4 is 28.1 Å². The number of rotatable bonds is 5. The highest BCUT2D eigenvalue weighted by molar-refractivity contribution is 6.30. The Bertz CT molecular complexity index is 1040. The molecule has 1 aliphatic heterocycles. The van der Waals surface area contributed by atoms with Gasteiger partial charge in [-0.3, -0.25) is 5.41 Å². The van der Waals surface area contributed by atoms with Crippen molar-refractivity contribution in [1.29, 1.82) is 5.41 Å². The van der Waals surface area contributed by atoms with Crippen molar-refractivity contribution in [1.82, 2.24) is 9.97 Å². The number of benzene rings is 2. The van der Waals surface area contributed by atoms with E-state index < -0.39 is 0 Å². The maximum atomic E-state index is 10.6. The van der Waals surface area contributed by atoms with Gasteiger partial charge in [-0.1, -0.05) is 12.1 Å². The molecule has 1 aromatic heterocycles. The van der Waals surface area contributed by atoms with Crippen molar-refractivity contribution in [2.75, 3.05) is 32.8 Å². The summed E-state index contributed by atoms with van der Waals surface area (Å²) in [6, 6.07) is 11.1. The lowest BCUT2D eigenvalue weighted by Gasteiger charge is -2.21. The first-order chi connectivity index (χ1) is 13.6. The predicted molar refractivity (Wildman–Crippen MR) is 107 cm³/mol. The number of aliphatic hydroxyl groups is 1. The van der Waals surface area contributed by atoms with Crippen LogP contribution in [0.15, 0.2) is 42.2 Å². The number of aromatic nitrogens is 2. The number of H-pyrrole nitrogens is 1. The lowest BCUT2D eigenvalue weighted by molar-refractivity contribution is 0.324. The highest BCUT2D eigenvalue weighted by Gasteiger charge is 2.32. The summed E-state index contributed by atoms with van der Waals surface area (Å²) in [7, 11) is 4.60. The van der Waals surface area contributed by atoms with Crippen LogP contribution in [0, 0.1) is 5.41 Å². The molecule has 1 aliphatic rings. The number of amidine groups is 1. The highest BCUT2D eigenvalue weighted by atomic mass is 16.5. The van der Waals surface area contributed by atoms with Crippen LogP contribution in [-0.4, -0.2) is 48.8 Å². The molecule has 3 aromatic rings. The van der Waals surface area contributed by atoms with Crippen LogP contribution < -0.4 is 19.1 Å². The summed E-state index contributed by atoms with van der Waals surface area (Å²) in [4.78, 5) is 9.33. The van der Waals surface area contributed by atoms with Crippen LogP contribution in [0.5, 0.6) is 17.2 Å². The summed E-state index contributed by atoms with van der Waals surface area (Å²) in [5, 5.41) is 19.2. The van der Waals surface area contributed by atoms with Gasteiger partial charge in [0.25, 0.3) is 0 Å². The van der Waals surface area contributed by atoms with E-state index in [1.807, 2.05) is 24.3 Å². The third-order valence-corrected chi connectivity index (χ3v) is 4.69. The van der Waals surface area contributed by atoms with E-state index in [1.54, 1.807) is 17.0 Å². The van der Waals surface area contributed by atoms with E-state index in [1.165, 1.54) is 21.3 Å². The Morgan fingerprint density at radius 2 is 1.75 bits per heavy atom. The number of nitrogens with one attached hydrogen (secondary N) is 2. The monoisotopic (exact) mass is 380 g/mol. The van der Waals surface area contributed by atoms with Gasteiger partial charge in [-0.05, 0) is 12.1 Å². The number of ether oxygens (including phenoxy) is 3. The lowest BCUT2D eigenvalue weighted by atomic mass is 10.2. The van der Waals surface area contributed by atoms with Crippen LogP contribution in [0.2, 0.25) is 0 Å². The second-order valence-electron chi connectivity index (χ2n) is 6.24. The molecule has 3 N–H and O–H groups in total. The quantitative estimate of drug-likeness (QED) is 0.627.